The molecule has 0 rings (SSSR count). The van der Waals surface area contributed by atoms with Crippen molar-refractivity contribution in [3.05, 3.63) is 0 Å². The molecule has 0 spiro atoms. The lowest BCUT2D eigenvalue weighted by Gasteiger charge is -2.18. The van der Waals surface area contributed by atoms with Gasteiger partial charge in [-0.2, -0.15) is 0 Å². The first-order valence-corrected chi connectivity index (χ1v) is 21.5. The van der Waals surface area contributed by atoms with Gasteiger partial charge in [0.15, 0.2) is 0 Å². The molecule has 0 bridgehead atoms. The molecule has 0 aliphatic heterocycles. The summed E-state index contributed by atoms with van der Waals surface area (Å²) in [6.45, 7) is 6.89. The van der Waals surface area contributed by atoms with Crippen molar-refractivity contribution in [2.45, 2.75) is 225 Å². The minimum absolute atomic E-state index is 0.150. The van der Waals surface area contributed by atoms with Gasteiger partial charge in [0.2, 0.25) is 8.53 Å². The molecule has 0 saturated heterocycles. The van der Waals surface area contributed by atoms with Crippen molar-refractivity contribution in [1.29, 1.82) is 0 Å². The number of ether oxygens (including phenoxy) is 2. The lowest BCUT2D eigenvalue weighted by atomic mass is 10.0. The molecule has 45 heavy (non-hydrogen) atoms. The molecular formula is C39H82NO4P. The highest BCUT2D eigenvalue weighted by Crippen LogP contribution is 2.20. The molecule has 3 N–H and O–H groups in total. The molecule has 0 radical (unpaired) electrons. The van der Waals surface area contributed by atoms with E-state index in [0.717, 1.165) is 26.1 Å². The zero-order valence-corrected chi connectivity index (χ0v) is 31.6. The Morgan fingerprint density at radius 1 is 0.422 bits per heavy atom. The Hall–Kier alpha value is 0.230. The molecule has 0 aromatic rings. The fourth-order valence-corrected chi connectivity index (χ4v) is 6.49. The number of hydrogen-bond donors (Lipinski definition) is 2. The molecule has 0 aliphatic rings. The van der Waals surface area contributed by atoms with Crippen LogP contribution in [0.3, 0.4) is 0 Å². The quantitative estimate of drug-likeness (QED) is 0.0506. The van der Waals surface area contributed by atoms with Crippen LogP contribution in [0.15, 0.2) is 0 Å². The van der Waals surface area contributed by atoms with Crippen molar-refractivity contribution in [1.82, 2.24) is 0 Å². The predicted octanol–water partition coefficient (Wildman–Crippen LogP) is 13.1. The summed E-state index contributed by atoms with van der Waals surface area (Å²) in [6.07, 6.45) is 43.8. The predicted molar refractivity (Wildman–Crippen MR) is 199 cm³/mol. The van der Waals surface area contributed by atoms with E-state index in [9.17, 15) is 4.89 Å². The Labute approximate surface area is 284 Å². The maximum absolute atomic E-state index is 9.37. The van der Waals surface area contributed by atoms with Gasteiger partial charge in [0, 0.05) is 13.2 Å². The van der Waals surface area contributed by atoms with E-state index in [1.807, 2.05) is 0 Å². The Kier molecular flexibility index (Phi) is 40.6. The summed E-state index contributed by atoms with van der Waals surface area (Å²) in [5.41, 5.74) is 5.44. The SMILES string of the molecule is CCCCCCCCCCCCCCCCCCOC[C@H](COP(N)O)OCCCCCCCCCCCCCCCCCC. The van der Waals surface area contributed by atoms with E-state index in [4.69, 9.17) is 19.5 Å². The van der Waals surface area contributed by atoms with Gasteiger partial charge in [0.05, 0.1) is 13.2 Å². The van der Waals surface area contributed by atoms with Crippen LogP contribution < -0.4 is 5.50 Å². The Bertz CT molecular complexity index is 525. The highest BCUT2D eigenvalue weighted by Gasteiger charge is 2.12. The fourth-order valence-electron chi connectivity index (χ4n) is 6.17. The maximum atomic E-state index is 9.37. The average molecular weight is 660 g/mol. The highest BCUT2D eigenvalue weighted by atomic mass is 31.2. The third kappa shape index (κ3) is 40.3. The van der Waals surface area contributed by atoms with Gasteiger partial charge in [-0.05, 0) is 12.8 Å². The van der Waals surface area contributed by atoms with Crippen LogP contribution >= 0.6 is 8.53 Å². The Morgan fingerprint density at radius 3 is 1.02 bits per heavy atom. The van der Waals surface area contributed by atoms with Crippen LogP contribution in [-0.4, -0.2) is 37.4 Å². The molecule has 6 heteroatoms. The van der Waals surface area contributed by atoms with E-state index in [2.05, 4.69) is 13.8 Å². The topological polar surface area (TPSA) is 73.9 Å². The van der Waals surface area contributed by atoms with Gasteiger partial charge >= 0.3 is 0 Å². The van der Waals surface area contributed by atoms with Gasteiger partial charge in [-0.15, -0.1) is 0 Å². The monoisotopic (exact) mass is 660 g/mol. The number of hydrogen-bond acceptors (Lipinski definition) is 5. The van der Waals surface area contributed by atoms with Gasteiger partial charge in [0.1, 0.15) is 6.10 Å². The zero-order valence-electron chi connectivity index (χ0n) is 30.7. The van der Waals surface area contributed by atoms with Crippen LogP contribution in [0.5, 0.6) is 0 Å². The van der Waals surface area contributed by atoms with Crippen LogP contribution in [-0.2, 0) is 14.0 Å². The maximum Gasteiger partial charge on any atom is 0.250 e. The summed E-state index contributed by atoms with van der Waals surface area (Å²) in [7, 11) is -1.85. The average Bonchev–Trinajstić information content (AvgIpc) is 3.04. The van der Waals surface area contributed by atoms with Crippen LogP contribution in [0.2, 0.25) is 0 Å². The molecule has 1 unspecified atom stereocenters. The second-order valence-corrected chi connectivity index (χ2v) is 14.6. The summed E-state index contributed by atoms with van der Waals surface area (Å²) in [6, 6.07) is 0. The number of rotatable bonds is 40. The van der Waals surface area contributed by atoms with E-state index in [1.165, 1.54) is 193 Å². The second-order valence-electron chi connectivity index (χ2n) is 13.8. The van der Waals surface area contributed by atoms with Crippen molar-refractivity contribution < 1.29 is 18.9 Å². The molecule has 0 aliphatic carbocycles. The molecular weight excluding hydrogens is 577 g/mol. The standard InChI is InChI=1S/C39H82NO4P/c1-3-5-7-9-11-13-15-17-19-21-23-25-27-29-31-33-35-42-37-39(38-44-45(40)41)43-36-34-32-30-28-26-24-22-20-18-16-14-12-10-8-6-4-2/h39,41H,3-38,40H2,1-2H3/t39-,45?/m1/s1. The largest absolute Gasteiger partial charge is 0.379 e. The number of nitrogens with two attached hydrogens (primary N) is 1. The van der Waals surface area contributed by atoms with Crippen LogP contribution in [0.25, 0.3) is 0 Å². The molecule has 0 saturated carbocycles. The first-order valence-electron chi connectivity index (χ1n) is 20.3. The smallest absolute Gasteiger partial charge is 0.250 e. The van der Waals surface area contributed by atoms with Gasteiger partial charge in [-0.1, -0.05) is 206 Å². The molecule has 0 aromatic carbocycles. The van der Waals surface area contributed by atoms with Crippen molar-refractivity contribution >= 4 is 8.53 Å². The third-order valence-corrected chi connectivity index (χ3v) is 9.60. The Balaban J connectivity index is 3.52. The molecule has 0 fully saturated rings. The van der Waals surface area contributed by atoms with Crippen molar-refractivity contribution in [3.63, 3.8) is 0 Å². The lowest BCUT2D eigenvalue weighted by molar-refractivity contribution is -0.0386. The second kappa shape index (κ2) is 40.4. The highest BCUT2D eigenvalue weighted by molar-refractivity contribution is 7.43. The van der Waals surface area contributed by atoms with Crippen LogP contribution in [0.1, 0.15) is 219 Å². The molecule has 0 heterocycles. The van der Waals surface area contributed by atoms with E-state index in [0.29, 0.717) is 13.2 Å². The van der Waals surface area contributed by atoms with Gasteiger partial charge in [0.25, 0.3) is 0 Å². The van der Waals surface area contributed by atoms with E-state index < -0.39 is 8.53 Å². The Morgan fingerprint density at radius 2 is 0.711 bits per heavy atom. The first-order chi connectivity index (χ1) is 22.2. The molecule has 2 atom stereocenters. The summed E-state index contributed by atoms with van der Waals surface area (Å²) < 4.78 is 17.2. The van der Waals surface area contributed by atoms with Gasteiger partial charge in [-0.25, -0.2) is 0 Å². The van der Waals surface area contributed by atoms with E-state index in [1.54, 1.807) is 0 Å². The first kappa shape index (κ1) is 45.2. The van der Waals surface area contributed by atoms with Gasteiger partial charge in [-0.3, -0.25) is 5.50 Å². The van der Waals surface area contributed by atoms with E-state index >= 15 is 0 Å². The molecule has 0 aromatic heterocycles. The fraction of sp³-hybridized carbons (Fsp3) is 1.00. The summed E-state index contributed by atoms with van der Waals surface area (Å²) >= 11 is 0. The third-order valence-electron chi connectivity index (χ3n) is 9.19. The normalized spacial score (nSPS) is 13.1. The lowest BCUT2D eigenvalue weighted by Crippen LogP contribution is -2.26. The molecule has 0 amide bonds. The van der Waals surface area contributed by atoms with Crippen molar-refractivity contribution in [2.75, 3.05) is 26.4 Å². The van der Waals surface area contributed by atoms with Crippen LogP contribution in [0.4, 0.5) is 0 Å². The number of unbranched alkanes of at least 4 members (excludes halogenated alkanes) is 30. The van der Waals surface area contributed by atoms with Gasteiger partial charge < -0.3 is 18.9 Å². The summed E-state index contributed by atoms with van der Waals surface area (Å²) in [4.78, 5) is 9.37. The minimum atomic E-state index is -1.85. The summed E-state index contributed by atoms with van der Waals surface area (Å²) in [5, 5.41) is 0. The molecule has 272 valence electrons. The molecule has 5 nitrogen and oxygen atoms in total. The van der Waals surface area contributed by atoms with Crippen LogP contribution in [0, 0.1) is 0 Å². The zero-order chi connectivity index (χ0) is 32.7. The van der Waals surface area contributed by atoms with E-state index in [-0.39, 0.29) is 6.10 Å². The summed E-state index contributed by atoms with van der Waals surface area (Å²) in [5.74, 6) is 0. The van der Waals surface area contributed by atoms with Crippen molar-refractivity contribution in [2.24, 2.45) is 5.50 Å². The minimum Gasteiger partial charge on any atom is -0.379 e. The van der Waals surface area contributed by atoms with Crippen molar-refractivity contribution in [3.8, 4) is 0 Å².